The second-order valence-corrected chi connectivity index (χ2v) is 14.2. The molecule has 2 heteroatoms. The maximum atomic E-state index is 2.40. The maximum Gasteiger partial charge on any atom is 0.0541 e. The third kappa shape index (κ3) is 4.81. The third-order valence-electron chi connectivity index (χ3n) is 11.1. The van der Waals surface area contributed by atoms with Crippen molar-refractivity contribution < 1.29 is 0 Å². The molecule has 2 aromatic heterocycles. The number of para-hydroxylation sites is 4. The Balaban J connectivity index is 1.09. The first-order valence-corrected chi connectivity index (χ1v) is 18.6. The first-order valence-electron chi connectivity index (χ1n) is 18.6. The van der Waals surface area contributed by atoms with E-state index in [4.69, 9.17) is 0 Å². The van der Waals surface area contributed by atoms with Gasteiger partial charge in [-0.1, -0.05) is 146 Å². The highest BCUT2D eigenvalue weighted by molar-refractivity contribution is 6.10. The zero-order chi connectivity index (χ0) is 35.6. The maximum absolute atomic E-state index is 2.40. The van der Waals surface area contributed by atoms with Crippen molar-refractivity contribution in [2.24, 2.45) is 0 Å². The Morgan fingerprint density at radius 3 is 1.33 bits per heavy atom. The fraction of sp³-hybridized carbons (Fsp3) is 0. The second-order valence-electron chi connectivity index (χ2n) is 14.2. The highest BCUT2D eigenvalue weighted by Crippen LogP contribution is 2.40. The van der Waals surface area contributed by atoms with Gasteiger partial charge >= 0.3 is 0 Å². The zero-order valence-corrected chi connectivity index (χ0v) is 29.5. The fourth-order valence-corrected chi connectivity index (χ4v) is 8.59. The molecule has 0 aliphatic carbocycles. The Morgan fingerprint density at radius 2 is 0.722 bits per heavy atom. The van der Waals surface area contributed by atoms with E-state index >= 15 is 0 Å². The molecule has 0 spiro atoms. The minimum Gasteiger partial charge on any atom is -0.309 e. The van der Waals surface area contributed by atoms with Gasteiger partial charge < -0.3 is 9.13 Å². The van der Waals surface area contributed by atoms with Gasteiger partial charge in [0.1, 0.15) is 0 Å². The van der Waals surface area contributed by atoms with Crippen LogP contribution in [0.15, 0.2) is 206 Å². The van der Waals surface area contributed by atoms with Crippen LogP contribution >= 0.6 is 0 Å². The molecule has 0 N–H and O–H groups in total. The first-order chi connectivity index (χ1) is 26.8. The van der Waals surface area contributed by atoms with Gasteiger partial charge in [0.2, 0.25) is 0 Å². The van der Waals surface area contributed by atoms with Gasteiger partial charge in [-0.3, -0.25) is 0 Å². The fourth-order valence-electron chi connectivity index (χ4n) is 8.59. The highest BCUT2D eigenvalue weighted by atomic mass is 15.0. The lowest BCUT2D eigenvalue weighted by atomic mass is 9.90. The number of fused-ring (bicyclic) bond motifs is 7. The topological polar surface area (TPSA) is 9.86 Å². The van der Waals surface area contributed by atoms with Crippen LogP contribution in [0.5, 0.6) is 0 Å². The lowest BCUT2D eigenvalue weighted by Gasteiger charge is -2.16. The summed E-state index contributed by atoms with van der Waals surface area (Å²) >= 11 is 0. The van der Waals surface area contributed by atoms with E-state index in [0.29, 0.717) is 0 Å². The van der Waals surface area contributed by atoms with Gasteiger partial charge in [0.15, 0.2) is 0 Å². The molecule has 252 valence electrons. The lowest BCUT2D eigenvalue weighted by molar-refractivity contribution is 1.18. The summed E-state index contributed by atoms with van der Waals surface area (Å²) < 4.78 is 4.79. The van der Waals surface area contributed by atoms with Crippen LogP contribution in [0, 0.1) is 0 Å². The van der Waals surface area contributed by atoms with Crippen LogP contribution in [0.2, 0.25) is 0 Å². The molecular formula is C52H34N2. The molecule has 0 radical (unpaired) electrons. The number of nitrogens with zero attached hydrogens (tertiary/aromatic N) is 2. The molecule has 0 saturated carbocycles. The highest BCUT2D eigenvalue weighted by Gasteiger charge is 2.16. The van der Waals surface area contributed by atoms with Crippen LogP contribution in [-0.4, -0.2) is 9.13 Å². The Kier molecular flexibility index (Phi) is 6.90. The molecule has 0 bridgehead atoms. The van der Waals surface area contributed by atoms with E-state index in [1.54, 1.807) is 0 Å². The second kappa shape index (κ2) is 12.2. The van der Waals surface area contributed by atoms with Crippen molar-refractivity contribution >= 4 is 54.4 Å². The molecule has 2 heterocycles. The van der Waals surface area contributed by atoms with Crippen LogP contribution in [0.4, 0.5) is 0 Å². The molecule has 0 unspecified atom stereocenters. The smallest absolute Gasteiger partial charge is 0.0541 e. The molecule has 9 aromatic carbocycles. The van der Waals surface area contributed by atoms with Gasteiger partial charge in [-0.25, -0.2) is 0 Å². The molecule has 0 atom stereocenters. The van der Waals surface area contributed by atoms with Gasteiger partial charge in [-0.15, -0.1) is 0 Å². The zero-order valence-electron chi connectivity index (χ0n) is 29.5. The van der Waals surface area contributed by atoms with Gasteiger partial charge in [-0.05, 0) is 105 Å². The molecule has 2 nitrogen and oxygen atoms in total. The van der Waals surface area contributed by atoms with Gasteiger partial charge in [0, 0.05) is 32.9 Å². The summed E-state index contributed by atoms with van der Waals surface area (Å²) in [5.74, 6) is 0. The molecular weight excluding hydrogens is 653 g/mol. The quantitative estimate of drug-likeness (QED) is 0.171. The van der Waals surface area contributed by atoms with Gasteiger partial charge in [0.05, 0.1) is 22.1 Å². The number of hydrogen-bond acceptors (Lipinski definition) is 0. The Morgan fingerprint density at radius 1 is 0.241 bits per heavy atom. The van der Waals surface area contributed by atoms with Crippen molar-refractivity contribution in [3.8, 4) is 44.8 Å². The average molecular weight is 687 g/mol. The third-order valence-corrected chi connectivity index (χ3v) is 11.1. The van der Waals surface area contributed by atoms with E-state index in [1.165, 1.54) is 87.8 Å². The molecule has 0 aliphatic heterocycles. The minimum absolute atomic E-state index is 1.15. The van der Waals surface area contributed by atoms with Crippen molar-refractivity contribution in [2.75, 3.05) is 0 Å². The van der Waals surface area contributed by atoms with E-state index in [0.717, 1.165) is 11.4 Å². The van der Waals surface area contributed by atoms with E-state index in [9.17, 15) is 0 Å². The number of benzene rings is 9. The SMILES string of the molecule is c1cc(-c2cc(-c3ccc4ccccc4c3)ccc2-c2ccc(-n3c4ccccc4c4ccccc43)cc2)cc(-n2c3ccccc3c3ccccc32)c1. The van der Waals surface area contributed by atoms with Crippen molar-refractivity contribution in [3.63, 3.8) is 0 Å². The van der Waals surface area contributed by atoms with E-state index in [1.807, 2.05) is 0 Å². The minimum atomic E-state index is 1.15. The standard InChI is InChI=1S/C52H34N2/c1-2-13-37-32-38(25-24-35(37)12-1)39-28-31-43(36-26-29-41(30-27-36)53-49-20-7-3-16-44(49)45-17-4-8-21-50(45)53)48(34-39)40-14-11-15-42(33-40)54-51-22-9-5-18-46(51)47-19-6-10-23-52(47)54/h1-34H. The summed E-state index contributed by atoms with van der Waals surface area (Å²) in [6.45, 7) is 0. The Labute approximate surface area is 313 Å². The number of rotatable bonds is 5. The monoisotopic (exact) mass is 686 g/mol. The Bertz CT molecular complexity index is 3110. The summed E-state index contributed by atoms with van der Waals surface area (Å²) in [6.07, 6.45) is 0. The van der Waals surface area contributed by atoms with E-state index in [-0.39, 0.29) is 0 Å². The van der Waals surface area contributed by atoms with Crippen molar-refractivity contribution in [1.82, 2.24) is 9.13 Å². The van der Waals surface area contributed by atoms with Crippen LogP contribution in [-0.2, 0) is 0 Å². The van der Waals surface area contributed by atoms with Crippen LogP contribution < -0.4 is 0 Å². The summed E-state index contributed by atoms with van der Waals surface area (Å²) in [6, 6.07) is 75.3. The molecule has 54 heavy (non-hydrogen) atoms. The van der Waals surface area contributed by atoms with Crippen molar-refractivity contribution in [2.45, 2.75) is 0 Å². The summed E-state index contributed by atoms with van der Waals surface area (Å²) in [5.41, 5.74) is 14.3. The van der Waals surface area contributed by atoms with E-state index < -0.39 is 0 Å². The van der Waals surface area contributed by atoms with Gasteiger partial charge in [-0.2, -0.15) is 0 Å². The molecule has 11 rings (SSSR count). The number of aromatic nitrogens is 2. The van der Waals surface area contributed by atoms with Crippen molar-refractivity contribution in [1.29, 1.82) is 0 Å². The predicted octanol–water partition coefficient (Wildman–Crippen LogP) is 14.0. The largest absolute Gasteiger partial charge is 0.309 e. The Hall–Kier alpha value is -7.16. The lowest BCUT2D eigenvalue weighted by Crippen LogP contribution is -1.96. The van der Waals surface area contributed by atoms with E-state index in [2.05, 4.69) is 215 Å². The summed E-state index contributed by atoms with van der Waals surface area (Å²) in [7, 11) is 0. The average Bonchev–Trinajstić information content (AvgIpc) is 3.77. The molecule has 0 aliphatic rings. The van der Waals surface area contributed by atoms with Crippen LogP contribution in [0.25, 0.3) is 99.1 Å². The normalized spacial score (nSPS) is 11.7. The number of hydrogen-bond donors (Lipinski definition) is 0. The predicted molar refractivity (Wildman–Crippen MR) is 229 cm³/mol. The van der Waals surface area contributed by atoms with Crippen molar-refractivity contribution in [3.05, 3.63) is 206 Å². The van der Waals surface area contributed by atoms with Gasteiger partial charge in [0.25, 0.3) is 0 Å². The summed E-state index contributed by atoms with van der Waals surface area (Å²) in [4.78, 5) is 0. The first kappa shape index (κ1) is 30.5. The molecule has 0 amide bonds. The van der Waals surface area contributed by atoms with Crippen LogP contribution in [0.1, 0.15) is 0 Å². The summed E-state index contributed by atoms with van der Waals surface area (Å²) in [5, 5.41) is 7.57. The van der Waals surface area contributed by atoms with Crippen LogP contribution in [0.3, 0.4) is 0 Å². The molecule has 0 fully saturated rings. The molecule has 0 saturated heterocycles. The molecule has 11 aromatic rings.